The highest BCUT2D eigenvalue weighted by Gasteiger charge is 2.37. The molecule has 0 aromatic heterocycles. The van der Waals surface area contributed by atoms with Gasteiger partial charge in [0.15, 0.2) is 5.78 Å². The fraction of sp³-hybridized carbons (Fsp3) is 0.619. The molecule has 1 aliphatic heterocycles. The molecule has 2 rings (SSSR count). The van der Waals surface area contributed by atoms with Crippen molar-refractivity contribution in [1.82, 2.24) is 4.90 Å². The molecular formula is C21H31NO4S2. The van der Waals surface area contributed by atoms with E-state index in [1.165, 1.54) is 0 Å². The van der Waals surface area contributed by atoms with Crippen LogP contribution in [0.2, 0.25) is 0 Å². The molecule has 0 aromatic carbocycles. The van der Waals surface area contributed by atoms with Gasteiger partial charge in [0.05, 0.1) is 18.8 Å². The van der Waals surface area contributed by atoms with Crippen LogP contribution in [0.4, 0.5) is 0 Å². The first-order chi connectivity index (χ1) is 13.4. The summed E-state index contributed by atoms with van der Waals surface area (Å²) in [5.74, 6) is 1.12. The molecule has 0 N–H and O–H groups in total. The Bertz CT molecular complexity index is 649. The van der Waals surface area contributed by atoms with E-state index < -0.39 is 5.54 Å². The summed E-state index contributed by atoms with van der Waals surface area (Å²) in [4.78, 5) is 28.2. The Kier molecular flexibility index (Phi) is 9.34. The monoisotopic (exact) mass is 425 g/mol. The number of esters is 1. The summed E-state index contributed by atoms with van der Waals surface area (Å²) in [5.41, 5.74) is 0.856. The Morgan fingerprint density at radius 2 is 2.04 bits per heavy atom. The molecule has 5 nitrogen and oxygen atoms in total. The molecule has 1 heterocycles. The summed E-state index contributed by atoms with van der Waals surface area (Å²) < 4.78 is 10.7. The second-order valence-electron chi connectivity index (χ2n) is 7.32. The second-order valence-corrected chi connectivity index (χ2v) is 9.36. The maximum Gasteiger partial charge on any atom is 0.334 e. The summed E-state index contributed by atoms with van der Waals surface area (Å²) in [6.07, 6.45) is 7.73. The van der Waals surface area contributed by atoms with Crippen molar-refractivity contribution in [1.29, 1.82) is 0 Å². The van der Waals surface area contributed by atoms with Gasteiger partial charge in [-0.25, -0.2) is 4.79 Å². The first-order valence-corrected chi connectivity index (χ1v) is 12.0. The molecule has 0 atom stereocenters. The van der Waals surface area contributed by atoms with Gasteiger partial charge in [0.25, 0.3) is 0 Å². The second kappa shape index (κ2) is 11.2. The van der Waals surface area contributed by atoms with Crippen molar-refractivity contribution >= 4 is 35.3 Å². The highest BCUT2D eigenvalue weighted by Crippen LogP contribution is 2.30. The molecule has 2 aliphatic rings. The Hall–Kier alpha value is -1.02. The molecule has 1 fully saturated rings. The Labute approximate surface area is 177 Å². The summed E-state index contributed by atoms with van der Waals surface area (Å²) in [5, 5.41) is 0. The van der Waals surface area contributed by atoms with E-state index in [9.17, 15) is 9.59 Å². The van der Waals surface area contributed by atoms with Crippen LogP contribution in [0.1, 0.15) is 26.7 Å². The van der Waals surface area contributed by atoms with Gasteiger partial charge in [0.1, 0.15) is 6.61 Å². The third kappa shape index (κ3) is 6.51. The van der Waals surface area contributed by atoms with Gasteiger partial charge in [-0.3, -0.25) is 9.69 Å². The first kappa shape index (κ1) is 23.3. The molecule has 0 radical (unpaired) electrons. The first-order valence-electron chi connectivity index (χ1n) is 9.61. The van der Waals surface area contributed by atoms with E-state index in [4.69, 9.17) is 9.47 Å². The van der Waals surface area contributed by atoms with Crippen LogP contribution in [-0.4, -0.2) is 72.9 Å². The summed E-state index contributed by atoms with van der Waals surface area (Å²) >= 11 is 3.17. The highest BCUT2D eigenvalue weighted by molar-refractivity contribution is 8.03. The number of carbonyl (C=O) groups excluding carboxylic acids is 2. The molecule has 156 valence electrons. The Balaban J connectivity index is 1.85. The lowest BCUT2D eigenvalue weighted by Crippen LogP contribution is -2.54. The number of nitrogens with zero attached hydrogens (tertiary/aromatic N) is 1. The third-order valence-corrected chi connectivity index (χ3v) is 6.54. The van der Waals surface area contributed by atoms with E-state index in [-0.39, 0.29) is 11.8 Å². The Morgan fingerprint density at radius 3 is 2.71 bits per heavy atom. The molecule has 28 heavy (non-hydrogen) atoms. The maximum atomic E-state index is 13.2. The van der Waals surface area contributed by atoms with E-state index in [1.807, 2.05) is 26.2 Å². The predicted molar refractivity (Wildman–Crippen MR) is 118 cm³/mol. The molecule has 1 saturated heterocycles. The van der Waals surface area contributed by atoms with Gasteiger partial charge in [0.2, 0.25) is 0 Å². The number of rotatable bonds is 10. The minimum atomic E-state index is -0.518. The van der Waals surface area contributed by atoms with Crippen molar-refractivity contribution in [2.24, 2.45) is 0 Å². The van der Waals surface area contributed by atoms with Crippen LogP contribution in [-0.2, 0) is 19.1 Å². The van der Waals surface area contributed by atoms with Crippen LogP contribution in [0.5, 0.6) is 0 Å². The van der Waals surface area contributed by atoms with E-state index in [0.717, 1.165) is 36.4 Å². The number of hydrogen-bond donors (Lipinski definition) is 0. The van der Waals surface area contributed by atoms with Crippen LogP contribution in [0, 0.1) is 0 Å². The zero-order chi connectivity index (χ0) is 20.6. The van der Waals surface area contributed by atoms with Gasteiger partial charge >= 0.3 is 5.97 Å². The van der Waals surface area contributed by atoms with Crippen LogP contribution in [0.3, 0.4) is 0 Å². The number of ketones is 1. The van der Waals surface area contributed by atoms with Gasteiger partial charge in [-0.05, 0) is 44.6 Å². The van der Waals surface area contributed by atoms with Crippen molar-refractivity contribution in [3.8, 4) is 0 Å². The number of ether oxygens (including phenoxy) is 2. The van der Waals surface area contributed by atoms with Gasteiger partial charge < -0.3 is 9.47 Å². The normalized spacial score (nSPS) is 18.2. The lowest BCUT2D eigenvalue weighted by molar-refractivity contribution is -0.138. The number of thioether (sulfide) groups is 2. The standard InChI is InChI=1S/C21H31NO4S2/c1-16(15-27-4)20(24)26-12-13-28-18-7-5-6-17(14-18)19(23)21(2,3)22-8-10-25-11-9-22/h7,14H,1,5-6,8-13,15H2,2-4H3. The van der Waals surface area contributed by atoms with Crippen LogP contribution in [0.15, 0.2) is 34.8 Å². The van der Waals surface area contributed by atoms with Crippen molar-refractivity contribution in [3.05, 3.63) is 34.8 Å². The largest absolute Gasteiger partial charge is 0.461 e. The van der Waals surface area contributed by atoms with Crippen LogP contribution in [0.25, 0.3) is 0 Å². The number of allylic oxidation sites excluding steroid dienone is 2. The fourth-order valence-electron chi connectivity index (χ4n) is 3.24. The SMILES string of the molecule is C=C(CSC)C(=O)OCCSC1=CCCC(C(=O)C(C)(C)N2CCOCC2)=C1. The maximum absolute atomic E-state index is 13.2. The van der Waals surface area contributed by atoms with E-state index >= 15 is 0 Å². The number of morpholine rings is 1. The lowest BCUT2D eigenvalue weighted by atomic mass is 9.87. The smallest absolute Gasteiger partial charge is 0.334 e. The van der Waals surface area contributed by atoms with Crippen molar-refractivity contribution < 1.29 is 19.1 Å². The molecule has 0 spiro atoms. The minimum Gasteiger partial charge on any atom is -0.461 e. The minimum absolute atomic E-state index is 0.195. The van der Waals surface area contributed by atoms with E-state index in [0.29, 0.717) is 36.9 Å². The Morgan fingerprint density at radius 1 is 1.32 bits per heavy atom. The highest BCUT2D eigenvalue weighted by atomic mass is 32.2. The zero-order valence-electron chi connectivity index (χ0n) is 17.1. The topological polar surface area (TPSA) is 55.8 Å². The predicted octanol–water partition coefficient (Wildman–Crippen LogP) is 3.47. The van der Waals surface area contributed by atoms with Crippen LogP contribution < -0.4 is 0 Å². The van der Waals surface area contributed by atoms with Crippen molar-refractivity contribution in [2.45, 2.75) is 32.2 Å². The van der Waals surface area contributed by atoms with Gasteiger partial charge in [0, 0.05) is 35.1 Å². The van der Waals surface area contributed by atoms with Crippen molar-refractivity contribution in [3.63, 3.8) is 0 Å². The summed E-state index contributed by atoms with van der Waals surface area (Å²) in [6, 6.07) is 0. The molecule has 7 heteroatoms. The molecule has 0 aromatic rings. The van der Waals surface area contributed by atoms with Crippen LogP contribution >= 0.6 is 23.5 Å². The number of carbonyl (C=O) groups is 2. The molecule has 0 saturated carbocycles. The number of hydrogen-bond acceptors (Lipinski definition) is 7. The molecular weight excluding hydrogens is 394 g/mol. The molecule has 0 bridgehead atoms. The van der Waals surface area contributed by atoms with Gasteiger partial charge in [-0.2, -0.15) is 11.8 Å². The van der Waals surface area contributed by atoms with E-state index in [1.54, 1.807) is 23.5 Å². The zero-order valence-corrected chi connectivity index (χ0v) is 18.8. The average molecular weight is 426 g/mol. The molecule has 1 aliphatic carbocycles. The quantitative estimate of drug-likeness (QED) is 0.302. The van der Waals surface area contributed by atoms with Gasteiger partial charge in [-0.1, -0.05) is 12.7 Å². The fourth-order valence-corrected chi connectivity index (χ4v) is 4.57. The molecule has 0 unspecified atom stereocenters. The van der Waals surface area contributed by atoms with Gasteiger partial charge in [-0.15, -0.1) is 11.8 Å². The summed E-state index contributed by atoms with van der Waals surface area (Å²) in [6.45, 7) is 11.0. The lowest BCUT2D eigenvalue weighted by Gasteiger charge is -2.40. The summed E-state index contributed by atoms with van der Waals surface area (Å²) in [7, 11) is 0. The molecule has 0 amide bonds. The third-order valence-electron chi connectivity index (χ3n) is 4.92. The number of Topliss-reactive ketones (excluding diaryl/α,β-unsaturated/α-hetero) is 1. The average Bonchev–Trinajstić information content (AvgIpc) is 2.71. The van der Waals surface area contributed by atoms with E-state index in [2.05, 4.69) is 17.6 Å². The van der Waals surface area contributed by atoms with Crippen molar-refractivity contribution in [2.75, 3.05) is 50.7 Å².